The van der Waals surface area contributed by atoms with Crippen LogP contribution < -0.4 is 5.46 Å². The molecule has 2 aromatic rings. The van der Waals surface area contributed by atoms with Crippen LogP contribution in [0, 0.1) is 13.8 Å². The highest BCUT2D eigenvalue weighted by Crippen LogP contribution is 2.37. The lowest BCUT2D eigenvalue weighted by molar-refractivity contribution is 0.00578. The van der Waals surface area contributed by atoms with Gasteiger partial charge in [0, 0.05) is 5.56 Å². The first-order valence-corrected chi connectivity index (χ1v) is 7.60. The fraction of sp³-hybridized carbons (Fsp3) is 0.471. The predicted octanol–water partition coefficient (Wildman–Crippen LogP) is 3.26. The molecular formula is C17H22BNO3. The minimum Gasteiger partial charge on any atom is -0.399 e. The Morgan fingerprint density at radius 1 is 1.00 bits per heavy atom. The molecule has 1 fully saturated rings. The van der Waals surface area contributed by atoms with Crippen LogP contribution in [0.5, 0.6) is 0 Å². The zero-order valence-corrected chi connectivity index (χ0v) is 14.1. The number of benzene rings is 1. The Morgan fingerprint density at radius 2 is 1.64 bits per heavy atom. The van der Waals surface area contributed by atoms with E-state index in [1.807, 2.05) is 46.8 Å². The number of rotatable bonds is 2. The van der Waals surface area contributed by atoms with Gasteiger partial charge in [0.2, 0.25) is 0 Å². The lowest BCUT2D eigenvalue weighted by Gasteiger charge is -2.32. The maximum Gasteiger partial charge on any atom is 0.500 e. The van der Waals surface area contributed by atoms with Gasteiger partial charge in [0.25, 0.3) is 0 Å². The van der Waals surface area contributed by atoms with Crippen LogP contribution in [-0.4, -0.2) is 23.5 Å². The summed E-state index contributed by atoms with van der Waals surface area (Å²) in [6.45, 7) is 12.1. The first-order chi connectivity index (χ1) is 10.2. The Morgan fingerprint density at radius 3 is 2.23 bits per heavy atom. The van der Waals surface area contributed by atoms with Crippen LogP contribution in [0.4, 0.5) is 0 Å². The van der Waals surface area contributed by atoms with Gasteiger partial charge in [0.1, 0.15) is 11.5 Å². The van der Waals surface area contributed by atoms with Crippen molar-refractivity contribution >= 4 is 12.6 Å². The van der Waals surface area contributed by atoms with Crippen LogP contribution in [0.1, 0.15) is 39.0 Å². The van der Waals surface area contributed by atoms with Gasteiger partial charge in [-0.1, -0.05) is 28.9 Å². The summed E-state index contributed by atoms with van der Waals surface area (Å²) in [6, 6.07) is 8.19. The summed E-state index contributed by atoms with van der Waals surface area (Å²) in [5, 5.41) is 4.23. The largest absolute Gasteiger partial charge is 0.500 e. The minimum absolute atomic E-state index is 0.384. The van der Waals surface area contributed by atoms with E-state index in [1.165, 1.54) is 5.56 Å². The van der Waals surface area contributed by atoms with E-state index in [1.54, 1.807) is 0 Å². The van der Waals surface area contributed by atoms with Gasteiger partial charge < -0.3 is 13.8 Å². The first kappa shape index (κ1) is 15.3. The third-order valence-corrected chi connectivity index (χ3v) is 4.69. The quantitative estimate of drug-likeness (QED) is 0.798. The molecule has 0 atom stereocenters. The van der Waals surface area contributed by atoms with Gasteiger partial charge in [-0.3, -0.25) is 0 Å². The molecule has 1 saturated heterocycles. The SMILES string of the molecule is Cc1cccc(-c2noc(C)c2B2OC(C)(C)C(C)(C)O2)c1. The van der Waals surface area contributed by atoms with Gasteiger partial charge >= 0.3 is 7.12 Å². The van der Waals surface area contributed by atoms with Crippen molar-refractivity contribution in [3.8, 4) is 11.3 Å². The summed E-state index contributed by atoms with van der Waals surface area (Å²) >= 11 is 0. The average molecular weight is 299 g/mol. The molecule has 0 bridgehead atoms. The molecule has 1 aromatic heterocycles. The summed E-state index contributed by atoms with van der Waals surface area (Å²) in [6.07, 6.45) is 0. The van der Waals surface area contributed by atoms with Crippen molar-refractivity contribution < 1.29 is 13.8 Å². The fourth-order valence-electron chi connectivity index (χ4n) is 2.62. The van der Waals surface area contributed by atoms with E-state index >= 15 is 0 Å². The van der Waals surface area contributed by atoms with Gasteiger partial charge in [-0.25, -0.2) is 0 Å². The standard InChI is InChI=1S/C17H22BNO3/c1-11-8-7-9-13(10-11)15-14(12(2)20-19-15)18-21-16(3,4)17(5,6)22-18/h7-10H,1-6H3. The first-order valence-electron chi connectivity index (χ1n) is 7.60. The monoisotopic (exact) mass is 299 g/mol. The topological polar surface area (TPSA) is 44.5 Å². The van der Waals surface area contributed by atoms with E-state index < -0.39 is 7.12 Å². The van der Waals surface area contributed by atoms with Crippen LogP contribution in [0.15, 0.2) is 28.8 Å². The molecule has 0 spiro atoms. The maximum atomic E-state index is 6.16. The Kier molecular flexibility index (Phi) is 3.46. The van der Waals surface area contributed by atoms with Crippen molar-refractivity contribution in [3.63, 3.8) is 0 Å². The molecule has 0 unspecified atom stereocenters. The normalized spacial score (nSPS) is 19.6. The second-order valence-corrected chi connectivity index (χ2v) is 6.96. The van der Waals surface area contributed by atoms with Crippen molar-refractivity contribution in [3.05, 3.63) is 35.6 Å². The van der Waals surface area contributed by atoms with E-state index in [0.29, 0.717) is 0 Å². The third-order valence-electron chi connectivity index (χ3n) is 4.69. The lowest BCUT2D eigenvalue weighted by atomic mass is 9.76. The van der Waals surface area contributed by atoms with Gasteiger partial charge in [-0.2, -0.15) is 0 Å². The molecule has 1 aromatic carbocycles. The molecule has 3 rings (SSSR count). The van der Waals surface area contributed by atoms with Crippen LogP contribution in [-0.2, 0) is 9.31 Å². The summed E-state index contributed by atoms with van der Waals surface area (Å²) in [5.74, 6) is 0.731. The van der Waals surface area contributed by atoms with Crippen LogP contribution in [0.25, 0.3) is 11.3 Å². The van der Waals surface area contributed by atoms with Crippen molar-refractivity contribution in [2.75, 3.05) is 0 Å². The highest BCUT2D eigenvalue weighted by molar-refractivity contribution is 6.64. The number of aryl methyl sites for hydroxylation is 2. The Hall–Kier alpha value is -1.59. The molecule has 0 radical (unpaired) electrons. The third kappa shape index (κ3) is 2.38. The van der Waals surface area contributed by atoms with E-state index in [9.17, 15) is 0 Å². The second-order valence-electron chi connectivity index (χ2n) is 6.96. The molecule has 0 aliphatic carbocycles. The predicted molar refractivity (Wildman–Crippen MR) is 87.1 cm³/mol. The van der Waals surface area contributed by atoms with Crippen molar-refractivity contribution in [1.29, 1.82) is 0 Å². The van der Waals surface area contributed by atoms with Crippen molar-refractivity contribution in [1.82, 2.24) is 5.16 Å². The smallest absolute Gasteiger partial charge is 0.399 e. The van der Waals surface area contributed by atoms with Gasteiger partial charge in [0.05, 0.1) is 16.7 Å². The maximum absolute atomic E-state index is 6.16. The Bertz CT molecular complexity index is 690. The van der Waals surface area contributed by atoms with E-state index in [-0.39, 0.29) is 11.2 Å². The summed E-state index contributed by atoms with van der Waals surface area (Å²) in [5.41, 5.74) is 3.10. The molecule has 1 aliphatic heterocycles. The minimum atomic E-state index is -0.466. The van der Waals surface area contributed by atoms with Crippen LogP contribution in [0.3, 0.4) is 0 Å². The fourth-order valence-corrected chi connectivity index (χ4v) is 2.62. The summed E-state index contributed by atoms with van der Waals surface area (Å²) in [7, 11) is -0.466. The number of aromatic nitrogens is 1. The highest BCUT2D eigenvalue weighted by Gasteiger charge is 2.53. The Labute approximate surface area is 131 Å². The molecule has 2 heterocycles. The van der Waals surface area contributed by atoms with Crippen LogP contribution >= 0.6 is 0 Å². The Balaban J connectivity index is 2.05. The molecule has 0 N–H and O–H groups in total. The van der Waals surface area contributed by atoms with E-state index in [2.05, 4.69) is 24.2 Å². The molecular weight excluding hydrogens is 277 g/mol. The van der Waals surface area contributed by atoms with Crippen LogP contribution in [0.2, 0.25) is 0 Å². The number of hydrogen-bond donors (Lipinski definition) is 0. The number of nitrogens with zero attached hydrogens (tertiary/aromatic N) is 1. The second kappa shape index (κ2) is 4.96. The molecule has 22 heavy (non-hydrogen) atoms. The highest BCUT2D eigenvalue weighted by atomic mass is 16.7. The van der Waals surface area contributed by atoms with Crippen molar-refractivity contribution in [2.45, 2.75) is 52.7 Å². The molecule has 0 amide bonds. The van der Waals surface area contributed by atoms with E-state index in [0.717, 1.165) is 22.5 Å². The average Bonchev–Trinajstić information content (AvgIpc) is 2.87. The molecule has 1 aliphatic rings. The zero-order chi connectivity index (χ0) is 16.1. The van der Waals surface area contributed by atoms with E-state index in [4.69, 9.17) is 13.8 Å². The van der Waals surface area contributed by atoms with Gasteiger partial charge in [-0.05, 0) is 47.6 Å². The summed E-state index contributed by atoms with van der Waals surface area (Å²) in [4.78, 5) is 0. The number of hydrogen-bond acceptors (Lipinski definition) is 4. The van der Waals surface area contributed by atoms with Gasteiger partial charge in [-0.15, -0.1) is 0 Å². The lowest BCUT2D eigenvalue weighted by Crippen LogP contribution is -2.41. The molecule has 116 valence electrons. The molecule has 0 saturated carbocycles. The van der Waals surface area contributed by atoms with Gasteiger partial charge in [0.15, 0.2) is 0 Å². The van der Waals surface area contributed by atoms with Crippen molar-refractivity contribution in [2.24, 2.45) is 0 Å². The molecule has 4 nitrogen and oxygen atoms in total. The molecule has 5 heteroatoms. The zero-order valence-electron chi connectivity index (χ0n) is 14.1. The summed E-state index contributed by atoms with van der Waals surface area (Å²) < 4.78 is 17.7.